The van der Waals surface area contributed by atoms with Crippen LogP contribution in [0.25, 0.3) is 0 Å². The molecule has 0 spiro atoms. The highest BCUT2D eigenvalue weighted by atomic mass is 16.6. The molecule has 2 aromatic rings. The van der Waals surface area contributed by atoms with Crippen molar-refractivity contribution in [3.63, 3.8) is 0 Å². The second kappa shape index (κ2) is 5.12. The molecule has 0 atom stereocenters. The number of amides is 1. The van der Waals surface area contributed by atoms with Gasteiger partial charge in [-0.2, -0.15) is 10.1 Å². The summed E-state index contributed by atoms with van der Waals surface area (Å²) in [5, 5.41) is 19.3. The molecule has 0 radical (unpaired) electrons. The maximum absolute atomic E-state index is 11.8. The summed E-state index contributed by atoms with van der Waals surface area (Å²) >= 11 is 0. The molecule has 2 rings (SSSR count). The number of nitrogens with zero attached hydrogens (tertiary/aromatic N) is 3. The first-order valence-corrected chi connectivity index (χ1v) is 5.11. The Morgan fingerprint density at radius 1 is 1.53 bits per heavy atom. The molecule has 0 aliphatic rings. The van der Waals surface area contributed by atoms with Crippen LogP contribution in [0.1, 0.15) is 10.4 Å². The third-order valence-electron chi connectivity index (χ3n) is 2.28. The SMILES string of the molecule is COc1ccc(C(=O)Nc2ncn[nH]2)cc1[N+](=O)[O-]. The van der Waals surface area contributed by atoms with Gasteiger partial charge in [0.2, 0.25) is 5.95 Å². The van der Waals surface area contributed by atoms with E-state index in [9.17, 15) is 14.9 Å². The highest BCUT2D eigenvalue weighted by Gasteiger charge is 2.18. The van der Waals surface area contributed by atoms with Gasteiger partial charge in [0.1, 0.15) is 6.33 Å². The van der Waals surface area contributed by atoms with Crippen molar-refractivity contribution in [2.75, 3.05) is 12.4 Å². The molecule has 0 aliphatic carbocycles. The number of ether oxygens (including phenoxy) is 1. The second-order valence-corrected chi connectivity index (χ2v) is 3.43. The fourth-order valence-electron chi connectivity index (χ4n) is 1.42. The van der Waals surface area contributed by atoms with Gasteiger partial charge in [-0.15, -0.1) is 0 Å². The lowest BCUT2D eigenvalue weighted by Crippen LogP contribution is -2.13. The van der Waals surface area contributed by atoms with Gasteiger partial charge < -0.3 is 4.74 Å². The van der Waals surface area contributed by atoms with Gasteiger partial charge in [-0.3, -0.25) is 20.2 Å². The summed E-state index contributed by atoms with van der Waals surface area (Å²) in [6.07, 6.45) is 1.23. The zero-order valence-electron chi connectivity index (χ0n) is 9.78. The van der Waals surface area contributed by atoms with Gasteiger partial charge in [-0.05, 0) is 12.1 Å². The van der Waals surface area contributed by atoms with Crippen LogP contribution in [-0.2, 0) is 0 Å². The van der Waals surface area contributed by atoms with E-state index in [0.29, 0.717) is 0 Å². The van der Waals surface area contributed by atoms with Crippen molar-refractivity contribution in [3.8, 4) is 5.75 Å². The first-order valence-electron chi connectivity index (χ1n) is 5.11. The fourth-order valence-corrected chi connectivity index (χ4v) is 1.42. The molecule has 0 unspecified atom stereocenters. The number of anilines is 1. The molecule has 1 heterocycles. The summed E-state index contributed by atoms with van der Waals surface area (Å²) in [6, 6.07) is 3.90. The van der Waals surface area contributed by atoms with Crippen molar-refractivity contribution in [1.82, 2.24) is 15.2 Å². The minimum absolute atomic E-state index is 0.0845. The van der Waals surface area contributed by atoms with E-state index in [-0.39, 0.29) is 22.9 Å². The third kappa shape index (κ3) is 2.65. The Balaban J connectivity index is 2.27. The van der Waals surface area contributed by atoms with Crippen molar-refractivity contribution in [1.29, 1.82) is 0 Å². The van der Waals surface area contributed by atoms with Crippen LogP contribution in [0.5, 0.6) is 5.75 Å². The van der Waals surface area contributed by atoms with Crippen LogP contribution in [0.3, 0.4) is 0 Å². The highest BCUT2D eigenvalue weighted by Crippen LogP contribution is 2.27. The lowest BCUT2D eigenvalue weighted by molar-refractivity contribution is -0.385. The van der Waals surface area contributed by atoms with Gasteiger partial charge in [0.25, 0.3) is 5.91 Å². The zero-order chi connectivity index (χ0) is 13.8. The molecule has 0 aliphatic heterocycles. The Hall–Kier alpha value is -2.97. The van der Waals surface area contributed by atoms with Gasteiger partial charge in [0.05, 0.1) is 12.0 Å². The van der Waals surface area contributed by atoms with E-state index < -0.39 is 10.8 Å². The lowest BCUT2D eigenvalue weighted by Gasteiger charge is -2.04. The first-order chi connectivity index (χ1) is 9.11. The molecule has 9 nitrogen and oxygen atoms in total. The van der Waals surface area contributed by atoms with Gasteiger partial charge in [0.15, 0.2) is 5.75 Å². The molecule has 1 amide bonds. The fraction of sp³-hybridized carbons (Fsp3) is 0.100. The monoisotopic (exact) mass is 263 g/mol. The lowest BCUT2D eigenvalue weighted by atomic mass is 10.2. The summed E-state index contributed by atoms with van der Waals surface area (Å²) in [7, 11) is 1.32. The van der Waals surface area contributed by atoms with Gasteiger partial charge in [-0.1, -0.05) is 0 Å². The van der Waals surface area contributed by atoms with E-state index in [1.54, 1.807) is 0 Å². The van der Waals surface area contributed by atoms with E-state index in [4.69, 9.17) is 4.74 Å². The molecule has 1 aromatic heterocycles. The van der Waals surface area contributed by atoms with E-state index in [1.165, 1.54) is 25.6 Å². The Morgan fingerprint density at radius 3 is 2.89 bits per heavy atom. The Bertz CT molecular complexity index is 610. The van der Waals surface area contributed by atoms with Crippen LogP contribution in [0.15, 0.2) is 24.5 Å². The Kier molecular flexibility index (Phi) is 3.37. The number of aromatic amines is 1. The van der Waals surface area contributed by atoms with Crippen LogP contribution < -0.4 is 10.1 Å². The average molecular weight is 263 g/mol. The number of carbonyl (C=O) groups excluding carboxylic acids is 1. The van der Waals surface area contributed by atoms with Gasteiger partial charge in [-0.25, -0.2) is 5.10 Å². The highest BCUT2D eigenvalue weighted by molar-refractivity contribution is 6.03. The van der Waals surface area contributed by atoms with E-state index in [0.717, 1.165) is 6.07 Å². The smallest absolute Gasteiger partial charge is 0.311 e. The van der Waals surface area contributed by atoms with Gasteiger partial charge >= 0.3 is 5.69 Å². The Morgan fingerprint density at radius 2 is 2.32 bits per heavy atom. The number of benzene rings is 1. The standard InChI is InChI=1S/C10H9N5O4/c1-19-8-3-2-6(4-7(8)15(17)18)9(16)13-10-11-5-12-14-10/h2-5H,1H3,(H2,11,12,13,14,16). The molecule has 0 bridgehead atoms. The number of nitro groups is 1. The molecule has 0 saturated carbocycles. The number of rotatable bonds is 4. The average Bonchev–Trinajstić information content (AvgIpc) is 2.90. The molecule has 98 valence electrons. The number of aromatic nitrogens is 3. The number of nitrogens with one attached hydrogen (secondary N) is 2. The number of methoxy groups -OCH3 is 1. The van der Waals surface area contributed by atoms with Crippen molar-refractivity contribution in [2.24, 2.45) is 0 Å². The van der Waals surface area contributed by atoms with Gasteiger partial charge in [0, 0.05) is 11.6 Å². The van der Waals surface area contributed by atoms with E-state index >= 15 is 0 Å². The molecule has 2 N–H and O–H groups in total. The quantitative estimate of drug-likeness (QED) is 0.625. The maximum atomic E-state index is 11.8. The zero-order valence-corrected chi connectivity index (χ0v) is 9.78. The minimum atomic E-state index is -0.621. The second-order valence-electron chi connectivity index (χ2n) is 3.43. The topological polar surface area (TPSA) is 123 Å². The molecule has 1 aromatic carbocycles. The summed E-state index contributed by atoms with van der Waals surface area (Å²) in [5.74, 6) is -0.299. The minimum Gasteiger partial charge on any atom is -0.490 e. The predicted octanol–water partition coefficient (Wildman–Crippen LogP) is 0.974. The maximum Gasteiger partial charge on any atom is 0.311 e. The molecule has 9 heteroatoms. The number of nitro benzene ring substituents is 1. The molecular formula is C10H9N5O4. The van der Waals surface area contributed by atoms with Crippen LogP contribution in [0.2, 0.25) is 0 Å². The summed E-state index contributed by atoms with van der Waals surface area (Å²) in [5.41, 5.74) is -0.170. The number of carbonyl (C=O) groups is 1. The van der Waals surface area contributed by atoms with Crippen molar-refractivity contribution in [2.45, 2.75) is 0 Å². The third-order valence-corrected chi connectivity index (χ3v) is 2.28. The normalized spacial score (nSPS) is 9.95. The molecule has 0 fully saturated rings. The van der Waals surface area contributed by atoms with E-state index in [1.807, 2.05) is 0 Å². The van der Waals surface area contributed by atoms with Crippen LogP contribution >= 0.6 is 0 Å². The molecule has 0 saturated heterocycles. The Labute approximate surface area is 106 Å². The van der Waals surface area contributed by atoms with Crippen LogP contribution in [-0.4, -0.2) is 33.1 Å². The van der Waals surface area contributed by atoms with Crippen molar-refractivity contribution >= 4 is 17.5 Å². The van der Waals surface area contributed by atoms with Crippen LogP contribution in [0, 0.1) is 10.1 Å². The predicted molar refractivity (Wildman–Crippen MR) is 64.0 cm³/mol. The summed E-state index contributed by atoms with van der Waals surface area (Å²) < 4.78 is 4.85. The molecular weight excluding hydrogens is 254 g/mol. The van der Waals surface area contributed by atoms with E-state index in [2.05, 4.69) is 20.5 Å². The molecule has 19 heavy (non-hydrogen) atoms. The largest absolute Gasteiger partial charge is 0.490 e. The van der Waals surface area contributed by atoms with Crippen LogP contribution in [0.4, 0.5) is 11.6 Å². The van der Waals surface area contributed by atoms with Crippen molar-refractivity contribution < 1.29 is 14.5 Å². The number of hydrogen-bond acceptors (Lipinski definition) is 6. The first kappa shape index (κ1) is 12.5. The summed E-state index contributed by atoms with van der Waals surface area (Å²) in [6.45, 7) is 0. The number of hydrogen-bond donors (Lipinski definition) is 2. The number of H-pyrrole nitrogens is 1. The van der Waals surface area contributed by atoms with Crippen molar-refractivity contribution in [3.05, 3.63) is 40.2 Å². The summed E-state index contributed by atoms with van der Waals surface area (Å²) in [4.78, 5) is 25.8.